The summed E-state index contributed by atoms with van der Waals surface area (Å²) >= 11 is 3.41. The molecule has 1 aromatic rings. The highest BCUT2D eigenvalue weighted by molar-refractivity contribution is 9.10. The number of amides is 2. The zero-order chi connectivity index (χ0) is 13.3. The summed E-state index contributed by atoms with van der Waals surface area (Å²) in [6.45, 7) is 0.691. The Bertz CT molecular complexity index is 504. The van der Waals surface area contributed by atoms with Crippen LogP contribution in [0.1, 0.15) is 5.56 Å². The van der Waals surface area contributed by atoms with Crippen molar-refractivity contribution in [3.63, 3.8) is 0 Å². The van der Waals surface area contributed by atoms with Crippen LogP contribution < -0.4 is 5.73 Å². The Hall–Kier alpha value is -1.56. The lowest BCUT2D eigenvalue weighted by molar-refractivity contribution is -0.149. The standard InChI is InChI=1S/C12H14BrN3O2/c1-15-6-12(18)16(7-11(15)17)5-8-2-3-9(14)4-10(8)13/h2-4H,5-7,14H2,1H3. The number of likely N-dealkylation sites (N-methyl/N-ethyl adjacent to an activating group) is 1. The van der Waals surface area contributed by atoms with Crippen LogP contribution in [0.15, 0.2) is 22.7 Å². The van der Waals surface area contributed by atoms with Crippen molar-refractivity contribution in [2.24, 2.45) is 0 Å². The maximum absolute atomic E-state index is 11.8. The molecule has 5 nitrogen and oxygen atoms in total. The van der Waals surface area contributed by atoms with Gasteiger partial charge in [-0.15, -0.1) is 0 Å². The average Bonchev–Trinajstić information content (AvgIpc) is 2.29. The highest BCUT2D eigenvalue weighted by Gasteiger charge is 2.27. The third-order valence-electron chi connectivity index (χ3n) is 2.92. The van der Waals surface area contributed by atoms with Crippen molar-refractivity contribution in [1.29, 1.82) is 0 Å². The van der Waals surface area contributed by atoms with Crippen LogP contribution in [0.4, 0.5) is 5.69 Å². The van der Waals surface area contributed by atoms with E-state index in [2.05, 4.69) is 15.9 Å². The highest BCUT2D eigenvalue weighted by atomic mass is 79.9. The molecule has 1 saturated heterocycles. The zero-order valence-corrected chi connectivity index (χ0v) is 11.6. The second kappa shape index (κ2) is 4.97. The van der Waals surface area contributed by atoms with Gasteiger partial charge in [-0.1, -0.05) is 22.0 Å². The number of hydrogen-bond acceptors (Lipinski definition) is 3. The van der Waals surface area contributed by atoms with Gasteiger partial charge in [0.25, 0.3) is 0 Å². The van der Waals surface area contributed by atoms with Crippen LogP contribution in [0, 0.1) is 0 Å². The van der Waals surface area contributed by atoms with Gasteiger partial charge in [-0.05, 0) is 17.7 Å². The van der Waals surface area contributed by atoms with Crippen molar-refractivity contribution in [3.8, 4) is 0 Å². The fourth-order valence-corrected chi connectivity index (χ4v) is 2.33. The van der Waals surface area contributed by atoms with E-state index in [1.807, 2.05) is 6.07 Å². The molecule has 0 aliphatic carbocycles. The van der Waals surface area contributed by atoms with E-state index in [-0.39, 0.29) is 24.9 Å². The lowest BCUT2D eigenvalue weighted by Gasteiger charge is -2.31. The van der Waals surface area contributed by atoms with Crippen molar-refractivity contribution in [1.82, 2.24) is 9.80 Å². The number of nitrogen functional groups attached to an aromatic ring is 1. The first-order valence-electron chi connectivity index (χ1n) is 5.53. The fraction of sp³-hybridized carbons (Fsp3) is 0.333. The van der Waals surface area contributed by atoms with E-state index >= 15 is 0 Å². The van der Waals surface area contributed by atoms with Gasteiger partial charge in [0.05, 0.1) is 6.54 Å². The summed E-state index contributed by atoms with van der Waals surface area (Å²) in [6, 6.07) is 5.43. The number of nitrogens with zero attached hydrogens (tertiary/aromatic N) is 2. The van der Waals surface area contributed by atoms with Crippen LogP contribution in [0.25, 0.3) is 0 Å². The largest absolute Gasteiger partial charge is 0.399 e. The van der Waals surface area contributed by atoms with Crippen molar-refractivity contribution >= 4 is 33.4 Å². The number of carbonyl (C=O) groups excluding carboxylic acids is 2. The molecule has 1 heterocycles. The van der Waals surface area contributed by atoms with Crippen LogP contribution >= 0.6 is 15.9 Å². The van der Waals surface area contributed by atoms with E-state index in [0.29, 0.717) is 12.2 Å². The molecule has 2 amide bonds. The molecule has 1 aromatic carbocycles. The Morgan fingerprint density at radius 2 is 2.00 bits per heavy atom. The molecule has 96 valence electrons. The molecule has 18 heavy (non-hydrogen) atoms. The first-order valence-corrected chi connectivity index (χ1v) is 6.32. The fourth-order valence-electron chi connectivity index (χ4n) is 1.80. The number of rotatable bonds is 2. The first-order chi connectivity index (χ1) is 8.47. The molecule has 2 rings (SSSR count). The van der Waals surface area contributed by atoms with E-state index in [0.717, 1.165) is 10.0 Å². The Kier molecular flexibility index (Phi) is 3.56. The third-order valence-corrected chi connectivity index (χ3v) is 3.65. The lowest BCUT2D eigenvalue weighted by atomic mass is 10.2. The SMILES string of the molecule is CN1CC(=O)N(Cc2ccc(N)cc2Br)CC1=O. The van der Waals surface area contributed by atoms with E-state index in [9.17, 15) is 9.59 Å². The molecule has 2 N–H and O–H groups in total. The minimum atomic E-state index is -0.0409. The van der Waals surface area contributed by atoms with Gasteiger partial charge in [0, 0.05) is 23.8 Å². The average molecular weight is 312 g/mol. The number of nitrogens with two attached hydrogens (primary N) is 1. The van der Waals surface area contributed by atoms with Crippen LogP contribution in [0.2, 0.25) is 0 Å². The molecule has 0 saturated carbocycles. The van der Waals surface area contributed by atoms with Gasteiger partial charge in [-0.2, -0.15) is 0 Å². The van der Waals surface area contributed by atoms with Gasteiger partial charge in [-0.25, -0.2) is 0 Å². The second-order valence-corrected chi connectivity index (χ2v) is 5.20. The van der Waals surface area contributed by atoms with Crippen LogP contribution in [-0.4, -0.2) is 41.8 Å². The second-order valence-electron chi connectivity index (χ2n) is 4.35. The first kappa shape index (κ1) is 12.9. The molecule has 1 aliphatic heterocycles. The number of anilines is 1. The summed E-state index contributed by atoms with van der Waals surface area (Å²) < 4.78 is 0.849. The highest BCUT2D eigenvalue weighted by Crippen LogP contribution is 2.22. The molecule has 0 spiro atoms. The van der Waals surface area contributed by atoms with Crippen LogP contribution in [-0.2, 0) is 16.1 Å². The summed E-state index contributed by atoms with van der Waals surface area (Å²) in [5, 5.41) is 0. The molecule has 0 atom stereocenters. The zero-order valence-electron chi connectivity index (χ0n) is 10.0. The third kappa shape index (κ3) is 2.64. The number of piperazine rings is 1. The summed E-state index contributed by atoms with van der Waals surface area (Å²) in [7, 11) is 1.64. The Balaban J connectivity index is 2.13. The smallest absolute Gasteiger partial charge is 0.242 e. The molecule has 0 aromatic heterocycles. The van der Waals surface area contributed by atoms with Crippen LogP contribution in [0.5, 0.6) is 0 Å². The van der Waals surface area contributed by atoms with E-state index in [4.69, 9.17) is 5.73 Å². The van der Waals surface area contributed by atoms with Crippen molar-refractivity contribution in [3.05, 3.63) is 28.2 Å². The summed E-state index contributed by atoms with van der Waals surface area (Å²) in [5.74, 6) is -0.0815. The quantitative estimate of drug-likeness (QED) is 0.823. The van der Waals surface area contributed by atoms with Gasteiger partial charge in [-0.3, -0.25) is 9.59 Å². The molecule has 0 bridgehead atoms. The molecule has 0 radical (unpaired) electrons. The van der Waals surface area contributed by atoms with Gasteiger partial charge in [0.2, 0.25) is 11.8 Å². The maximum atomic E-state index is 11.8. The summed E-state index contributed by atoms with van der Waals surface area (Å²) in [4.78, 5) is 26.4. The van der Waals surface area contributed by atoms with E-state index in [1.54, 1.807) is 24.1 Å². The van der Waals surface area contributed by atoms with E-state index in [1.165, 1.54) is 4.90 Å². The number of benzene rings is 1. The summed E-state index contributed by atoms with van der Waals surface area (Å²) in [5.41, 5.74) is 7.26. The molecule has 6 heteroatoms. The van der Waals surface area contributed by atoms with Crippen LogP contribution in [0.3, 0.4) is 0 Å². The molecule has 0 unspecified atom stereocenters. The molecular weight excluding hydrogens is 298 g/mol. The number of halogens is 1. The van der Waals surface area contributed by atoms with Crippen molar-refractivity contribution < 1.29 is 9.59 Å². The minimum Gasteiger partial charge on any atom is -0.399 e. The van der Waals surface area contributed by atoms with Gasteiger partial charge in [0.1, 0.15) is 6.54 Å². The lowest BCUT2D eigenvalue weighted by Crippen LogP contribution is -2.51. The minimum absolute atomic E-state index is 0.0406. The topological polar surface area (TPSA) is 66.6 Å². The van der Waals surface area contributed by atoms with E-state index < -0.39 is 0 Å². The van der Waals surface area contributed by atoms with Gasteiger partial charge < -0.3 is 15.5 Å². The molecular formula is C12H14BrN3O2. The molecule has 1 aliphatic rings. The Morgan fingerprint density at radius 1 is 1.28 bits per heavy atom. The van der Waals surface area contributed by atoms with Gasteiger partial charge >= 0.3 is 0 Å². The Morgan fingerprint density at radius 3 is 2.67 bits per heavy atom. The van der Waals surface area contributed by atoms with Crippen molar-refractivity contribution in [2.75, 3.05) is 25.9 Å². The van der Waals surface area contributed by atoms with Crippen molar-refractivity contribution in [2.45, 2.75) is 6.54 Å². The predicted molar refractivity (Wildman–Crippen MR) is 71.6 cm³/mol. The summed E-state index contributed by atoms with van der Waals surface area (Å²) in [6.07, 6.45) is 0. The van der Waals surface area contributed by atoms with Gasteiger partial charge in [0.15, 0.2) is 0 Å². The predicted octanol–water partition coefficient (Wildman–Crippen LogP) is 0.832. The maximum Gasteiger partial charge on any atom is 0.242 e. The molecule has 1 fully saturated rings. The number of hydrogen-bond donors (Lipinski definition) is 1. The number of carbonyl (C=O) groups is 2. The monoisotopic (exact) mass is 311 g/mol. The Labute approximate surface area is 114 Å². The normalized spacial score (nSPS) is 16.3.